The molecule has 0 spiro atoms. The van der Waals surface area contributed by atoms with Crippen LogP contribution in [0.1, 0.15) is 50.5 Å². The van der Waals surface area contributed by atoms with Crippen molar-refractivity contribution < 1.29 is 0 Å². The summed E-state index contributed by atoms with van der Waals surface area (Å²) in [5, 5.41) is 3.82. The number of hydrogen-bond donors (Lipinski definition) is 1. The summed E-state index contributed by atoms with van der Waals surface area (Å²) in [6.07, 6.45) is 7.21. The Kier molecular flexibility index (Phi) is 4.49. The third kappa shape index (κ3) is 3.17. The van der Waals surface area contributed by atoms with Crippen LogP contribution < -0.4 is 5.32 Å². The maximum atomic E-state index is 3.82. The van der Waals surface area contributed by atoms with E-state index in [1.54, 1.807) is 5.56 Å². The lowest BCUT2D eigenvalue weighted by atomic mass is 9.84. The Labute approximate surface area is 121 Å². The summed E-state index contributed by atoms with van der Waals surface area (Å²) in [7, 11) is 0. The Balaban J connectivity index is 1.52. The molecule has 1 aromatic rings. The highest BCUT2D eigenvalue weighted by Crippen LogP contribution is 2.39. The highest BCUT2D eigenvalue weighted by Gasteiger charge is 2.25. The van der Waals surface area contributed by atoms with Gasteiger partial charge in [0.1, 0.15) is 0 Å². The van der Waals surface area contributed by atoms with Crippen molar-refractivity contribution in [3.05, 3.63) is 29.8 Å². The van der Waals surface area contributed by atoms with Gasteiger partial charge in [-0.3, -0.25) is 0 Å². The molecule has 0 bridgehead atoms. The zero-order valence-corrected chi connectivity index (χ0v) is 12.7. The molecular weight excluding hydrogens is 250 g/mol. The highest BCUT2D eigenvalue weighted by molar-refractivity contribution is 7.99. The lowest BCUT2D eigenvalue weighted by Gasteiger charge is -2.29. The fraction of sp³-hybridized carbons (Fsp3) is 0.647. The zero-order chi connectivity index (χ0) is 13.1. The molecule has 1 aliphatic heterocycles. The van der Waals surface area contributed by atoms with Gasteiger partial charge in [0.15, 0.2) is 0 Å². The Bertz CT molecular complexity index is 411. The fourth-order valence-corrected chi connectivity index (χ4v) is 4.78. The molecule has 1 aliphatic carbocycles. The van der Waals surface area contributed by atoms with Crippen LogP contribution in [0.4, 0.5) is 0 Å². The van der Waals surface area contributed by atoms with Gasteiger partial charge in [-0.15, -0.1) is 11.8 Å². The summed E-state index contributed by atoms with van der Waals surface area (Å²) in [4.78, 5) is 1.50. The average Bonchev–Trinajstić information content (AvgIpc) is 2.89. The van der Waals surface area contributed by atoms with Crippen LogP contribution in [0.2, 0.25) is 0 Å². The Morgan fingerprint density at radius 2 is 2.00 bits per heavy atom. The topological polar surface area (TPSA) is 12.0 Å². The van der Waals surface area contributed by atoms with Gasteiger partial charge in [0.05, 0.1) is 0 Å². The van der Waals surface area contributed by atoms with Gasteiger partial charge in [-0.25, -0.2) is 0 Å². The van der Waals surface area contributed by atoms with Crippen LogP contribution >= 0.6 is 11.8 Å². The summed E-state index contributed by atoms with van der Waals surface area (Å²) < 4.78 is 0. The van der Waals surface area contributed by atoms with Crippen molar-refractivity contribution in [3.8, 4) is 0 Å². The van der Waals surface area contributed by atoms with Crippen LogP contribution in [0.5, 0.6) is 0 Å². The van der Waals surface area contributed by atoms with Crippen LogP contribution in [0.15, 0.2) is 29.2 Å². The van der Waals surface area contributed by atoms with Crippen molar-refractivity contribution in [1.82, 2.24) is 5.32 Å². The molecular formula is C17H25NS. The second-order valence-corrected chi connectivity index (χ2v) is 7.20. The predicted molar refractivity (Wildman–Crippen MR) is 83.9 cm³/mol. The summed E-state index contributed by atoms with van der Waals surface area (Å²) >= 11 is 2.02. The lowest BCUT2D eigenvalue weighted by Crippen LogP contribution is -2.37. The number of hydrogen-bond acceptors (Lipinski definition) is 2. The minimum absolute atomic E-state index is 0.693. The van der Waals surface area contributed by atoms with E-state index >= 15 is 0 Å². The summed E-state index contributed by atoms with van der Waals surface area (Å²) in [5.74, 6) is 2.88. The third-order valence-electron chi connectivity index (χ3n) is 4.84. The van der Waals surface area contributed by atoms with E-state index in [1.807, 2.05) is 11.8 Å². The predicted octanol–water partition coefficient (Wildman–Crippen LogP) is 4.43. The van der Waals surface area contributed by atoms with Gasteiger partial charge in [0, 0.05) is 29.2 Å². The van der Waals surface area contributed by atoms with E-state index in [1.165, 1.54) is 42.8 Å². The van der Waals surface area contributed by atoms with Crippen molar-refractivity contribution in [1.29, 1.82) is 0 Å². The molecule has 0 aromatic heterocycles. The van der Waals surface area contributed by atoms with Gasteiger partial charge in [0.25, 0.3) is 0 Å². The molecule has 1 N–H and O–H groups in total. The van der Waals surface area contributed by atoms with Crippen LogP contribution in [0, 0.1) is 5.92 Å². The quantitative estimate of drug-likeness (QED) is 0.872. The Hall–Kier alpha value is -0.470. The number of fused-ring (bicyclic) bond motifs is 1. The molecule has 1 saturated carbocycles. The number of thioether (sulfide) groups is 1. The smallest absolute Gasteiger partial charge is 0.0108 e. The molecule has 104 valence electrons. The first kappa shape index (κ1) is 13.5. The molecule has 2 atom stereocenters. The summed E-state index contributed by atoms with van der Waals surface area (Å²) in [6, 6.07) is 9.62. The molecule has 2 unspecified atom stereocenters. The van der Waals surface area contributed by atoms with Crippen LogP contribution in [0.25, 0.3) is 0 Å². The molecule has 1 aromatic carbocycles. The number of benzene rings is 1. The van der Waals surface area contributed by atoms with E-state index in [0.717, 1.165) is 12.5 Å². The largest absolute Gasteiger partial charge is 0.313 e. The van der Waals surface area contributed by atoms with Crippen LogP contribution in [-0.2, 0) is 0 Å². The van der Waals surface area contributed by atoms with E-state index < -0.39 is 0 Å². The monoisotopic (exact) mass is 275 g/mol. The molecule has 1 nitrogen and oxygen atoms in total. The minimum Gasteiger partial charge on any atom is -0.313 e. The zero-order valence-electron chi connectivity index (χ0n) is 11.9. The van der Waals surface area contributed by atoms with Crippen molar-refractivity contribution in [3.63, 3.8) is 0 Å². The number of nitrogens with one attached hydrogen (secondary N) is 1. The molecule has 2 heteroatoms. The maximum Gasteiger partial charge on any atom is 0.0108 e. The van der Waals surface area contributed by atoms with Gasteiger partial charge in [-0.2, -0.15) is 0 Å². The average molecular weight is 275 g/mol. The second-order valence-electron chi connectivity index (χ2n) is 6.14. The van der Waals surface area contributed by atoms with Gasteiger partial charge in [-0.05, 0) is 37.3 Å². The van der Waals surface area contributed by atoms with Gasteiger partial charge < -0.3 is 5.32 Å². The molecule has 0 radical (unpaired) electrons. The summed E-state index contributed by atoms with van der Waals surface area (Å²) in [5.41, 5.74) is 1.57. The SMILES string of the molecule is CC(NCC1CSc2ccccc21)C1CCCCC1. The van der Waals surface area contributed by atoms with E-state index in [0.29, 0.717) is 12.0 Å². The molecule has 1 heterocycles. The van der Waals surface area contributed by atoms with Crippen molar-refractivity contribution in [2.75, 3.05) is 12.3 Å². The summed E-state index contributed by atoms with van der Waals surface area (Å²) in [6.45, 7) is 3.55. The standard InChI is InChI=1S/C17H25NS/c1-13(14-7-3-2-4-8-14)18-11-15-12-19-17-10-6-5-9-16(15)17/h5-6,9-10,13-15,18H,2-4,7-8,11-12H2,1H3. The first-order valence-electron chi connectivity index (χ1n) is 7.79. The molecule has 19 heavy (non-hydrogen) atoms. The van der Waals surface area contributed by atoms with E-state index in [4.69, 9.17) is 0 Å². The number of rotatable bonds is 4. The fourth-order valence-electron chi connectivity index (χ4n) is 3.53. The molecule has 1 fully saturated rings. The van der Waals surface area contributed by atoms with Crippen LogP contribution in [-0.4, -0.2) is 18.3 Å². The minimum atomic E-state index is 0.693. The normalized spacial score (nSPS) is 25.2. The van der Waals surface area contributed by atoms with Crippen molar-refractivity contribution in [2.24, 2.45) is 5.92 Å². The lowest BCUT2D eigenvalue weighted by molar-refractivity contribution is 0.280. The maximum absolute atomic E-state index is 3.82. The van der Waals surface area contributed by atoms with Crippen molar-refractivity contribution >= 4 is 11.8 Å². The Morgan fingerprint density at radius 3 is 2.84 bits per heavy atom. The third-order valence-corrected chi connectivity index (χ3v) is 6.09. The second kappa shape index (κ2) is 6.32. The van der Waals surface area contributed by atoms with Gasteiger partial charge in [-0.1, -0.05) is 37.5 Å². The van der Waals surface area contributed by atoms with Crippen molar-refractivity contribution in [2.45, 2.75) is 55.9 Å². The van der Waals surface area contributed by atoms with Gasteiger partial charge >= 0.3 is 0 Å². The van der Waals surface area contributed by atoms with E-state index in [2.05, 4.69) is 36.5 Å². The van der Waals surface area contributed by atoms with Crippen LogP contribution in [0.3, 0.4) is 0 Å². The molecule has 0 saturated heterocycles. The van der Waals surface area contributed by atoms with E-state index in [9.17, 15) is 0 Å². The highest BCUT2D eigenvalue weighted by atomic mass is 32.2. The molecule has 3 rings (SSSR count). The first-order chi connectivity index (χ1) is 9.34. The first-order valence-corrected chi connectivity index (χ1v) is 8.78. The Morgan fingerprint density at radius 1 is 1.21 bits per heavy atom. The van der Waals surface area contributed by atoms with Gasteiger partial charge in [0.2, 0.25) is 0 Å². The molecule has 2 aliphatic rings. The van der Waals surface area contributed by atoms with E-state index in [-0.39, 0.29) is 0 Å². The molecule has 0 amide bonds.